The van der Waals surface area contributed by atoms with Crippen LogP contribution < -0.4 is 4.90 Å². The summed E-state index contributed by atoms with van der Waals surface area (Å²) >= 11 is 0. The highest BCUT2D eigenvalue weighted by molar-refractivity contribution is 5.97. The molecule has 118 valence electrons. The van der Waals surface area contributed by atoms with Crippen molar-refractivity contribution in [3.05, 3.63) is 29.8 Å². The molecule has 22 heavy (non-hydrogen) atoms. The van der Waals surface area contributed by atoms with Gasteiger partial charge in [0.2, 0.25) is 11.8 Å². The predicted octanol–water partition coefficient (Wildman–Crippen LogP) is 1.13. The molecule has 0 spiro atoms. The first-order chi connectivity index (χ1) is 10.6. The van der Waals surface area contributed by atoms with Gasteiger partial charge in [0.05, 0.1) is 12.6 Å². The molecule has 2 aliphatic rings. The highest BCUT2D eigenvalue weighted by atomic mass is 16.2. The Kier molecular flexibility index (Phi) is 4.16. The maximum atomic E-state index is 12.7. The second kappa shape index (κ2) is 6.08. The van der Waals surface area contributed by atoms with Crippen LogP contribution in [0.5, 0.6) is 0 Å². The van der Waals surface area contributed by atoms with Crippen LogP contribution in [0.2, 0.25) is 0 Å². The minimum absolute atomic E-state index is 0.100. The molecular weight excluding hydrogens is 278 g/mol. The third kappa shape index (κ3) is 2.73. The zero-order valence-electron chi connectivity index (χ0n) is 13.3. The molecule has 2 aliphatic heterocycles. The molecule has 2 heterocycles. The lowest BCUT2D eigenvalue weighted by Crippen LogP contribution is -2.47. The molecule has 0 radical (unpaired) electrons. The van der Waals surface area contributed by atoms with E-state index in [1.54, 1.807) is 19.0 Å². The van der Waals surface area contributed by atoms with E-state index < -0.39 is 0 Å². The summed E-state index contributed by atoms with van der Waals surface area (Å²) in [7, 11) is 3.55. The molecule has 1 unspecified atom stereocenters. The highest BCUT2D eigenvalue weighted by Crippen LogP contribution is 2.28. The Morgan fingerprint density at radius 3 is 2.77 bits per heavy atom. The fourth-order valence-corrected chi connectivity index (χ4v) is 3.45. The van der Waals surface area contributed by atoms with Crippen molar-refractivity contribution in [2.45, 2.75) is 25.3 Å². The number of hydrogen-bond donors (Lipinski definition) is 0. The van der Waals surface area contributed by atoms with Crippen molar-refractivity contribution in [1.29, 1.82) is 0 Å². The van der Waals surface area contributed by atoms with Crippen molar-refractivity contribution in [2.24, 2.45) is 0 Å². The summed E-state index contributed by atoms with van der Waals surface area (Å²) in [6.07, 6.45) is 2.75. The topological polar surface area (TPSA) is 43.9 Å². The SMILES string of the molecule is CN(C)C(=O)C1CCCN1CC(=O)N1CCc2ccccc21. The number of para-hydroxylation sites is 1. The number of carbonyl (C=O) groups excluding carboxylic acids is 2. The molecule has 0 aliphatic carbocycles. The molecule has 0 bridgehead atoms. The van der Waals surface area contributed by atoms with Crippen molar-refractivity contribution in [3.8, 4) is 0 Å². The Morgan fingerprint density at radius 1 is 1.23 bits per heavy atom. The highest BCUT2D eigenvalue weighted by Gasteiger charge is 2.34. The molecule has 0 N–H and O–H groups in total. The van der Waals surface area contributed by atoms with Gasteiger partial charge < -0.3 is 9.80 Å². The van der Waals surface area contributed by atoms with Crippen molar-refractivity contribution >= 4 is 17.5 Å². The van der Waals surface area contributed by atoms with Crippen molar-refractivity contribution < 1.29 is 9.59 Å². The van der Waals surface area contributed by atoms with E-state index in [1.165, 1.54) is 5.56 Å². The van der Waals surface area contributed by atoms with Crippen LogP contribution in [0.3, 0.4) is 0 Å². The Balaban J connectivity index is 1.69. The molecule has 5 nitrogen and oxygen atoms in total. The van der Waals surface area contributed by atoms with Crippen LogP contribution in [0.4, 0.5) is 5.69 Å². The number of anilines is 1. The Morgan fingerprint density at radius 2 is 2.00 bits per heavy atom. The van der Waals surface area contributed by atoms with Gasteiger partial charge in [0.15, 0.2) is 0 Å². The molecule has 1 fully saturated rings. The van der Waals surface area contributed by atoms with Crippen LogP contribution in [0.25, 0.3) is 0 Å². The van der Waals surface area contributed by atoms with E-state index in [0.717, 1.165) is 38.0 Å². The van der Waals surface area contributed by atoms with Gasteiger partial charge in [0.25, 0.3) is 0 Å². The first-order valence-corrected chi connectivity index (χ1v) is 7.91. The van der Waals surface area contributed by atoms with Gasteiger partial charge in [-0.25, -0.2) is 0 Å². The normalized spacial score (nSPS) is 21.0. The number of carbonyl (C=O) groups is 2. The molecule has 0 aromatic heterocycles. The fourth-order valence-electron chi connectivity index (χ4n) is 3.45. The average Bonchev–Trinajstić information content (AvgIpc) is 3.12. The zero-order chi connectivity index (χ0) is 15.7. The lowest BCUT2D eigenvalue weighted by Gasteiger charge is -2.27. The van der Waals surface area contributed by atoms with Crippen LogP contribution in [0.15, 0.2) is 24.3 Å². The van der Waals surface area contributed by atoms with E-state index in [2.05, 4.69) is 6.07 Å². The van der Waals surface area contributed by atoms with Crippen LogP contribution in [0, 0.1) is 0 Å². The first-order valence-electron chi connectivity index (χ1n) is 7.91. The summed E-state index contributed by atoms with van der Waals surface area (Å²) in [5.41, 5.74) is 2.26. The molecule has 2 amide bonds. The van der Waals surface area contributed by atoms with E-state index in [0.29, 0.717) is 6.54 Å². The number of likely N-dealkylation sites (tertiary alicyclic amines) is 1. The van der Waals surface area contributed by atoms with E-state index in [4.69, 9.17) is 0 Å². The quantitative estimate of drug-likeness (QED) is 0.840. The molecule has 1 saturated heterocycles. The molecule has 1 aromatic rings. The summed E-state index contributed by atoms with van der Waals surface area (Å²) in [5.74, 6) is 0.204. The summed E-state index contributed by atoms with van der Waals surface area (Å²) in [4.78, 5) is 30.4. The van der Waals surface area contributed by atoms with Crippen LogP contribution >= 0.6 is 0 Å². The Bertz CT molecular complexity index is 585. The van der Waals surface area contributed by atoms with Crippen molar-refractivity contribution in [3.63, 3.8) is 0 Å². The number of hydrogen-bond acceptors (Lipinski definition) is 3. The zero-order valence-corrected chi connectivity index (χ0v) is 13.3. The number of fused-ring (bicyclic) bond motifs is 1. The van der Waals surface area contributed by atoms with Gasteiger partial charge >= 0.3 is 0 Å². The van der Waals surface area contributed by atoms with Gasteiger partial charge in [-0.15, -0.1) is 0 Å². The summed E-state index contributed by atoms with van der Waals surface area (Å²) < 4.78 is 0. The molecular formula is C17H23N3O2. The number of nitrogens with zero attached hydrogens (tertiary/aromatic N) is 3. The van der Waals surface area contributed by atoms with E-state index >= 15 is 0 Å². The summed E-state index contributed by atoms with van der Waals surface area (Å²) in [5, 5.41) is 0. The number of benzene rings is 1. The third-order valence-electron chi connectivity index (χ3n) is 4.62. The molecule has 5 heteroatoms. The number of likely N-dealkylation sites (N-methyl/N-ethyl adjacent to an activating group) is 1. The van der Waals surface area contributed by atoms with Gasteiger partial charge in [-0.3, -0.25) is 14.5 Å². The molecule has 1 aromatic carbocycles. The van der Waals surface area contributed by atoms with Crippen LogP contribution in [-0.2, 0) is 16.0 Å². The standard InChI is InChI=1S/C17H23N3O2/c1-18(2)17(22)15-8-5-10-19(15)12-16(21)20-11-9-13-6-3-4-7-14(13)20/h3-4,6-7,15H,5,8-12H2,1-2H3. The Labute approximate surface area is 131 Å². The van der Waals surface area contributed by atoms with Crippen LogP contribution in [-0.4, -0.2) is 61.4 Å². The third-order valence-corrected chi connectivity index (χ3v) is 4.62. The van der Waals surface area contributed by atoms with E-state index in [-0.39, 0.29) is 17.9 Å². The van der Waals surface area contributed by atoms with Gasteiger partial charge in [-0.1, -0.05) is 18.2 Å². The van der Waals surface area contributed by atoms with Gasteiger partial charge in [0.1, 0.15) is 0 Å². The lowest BCUT2D eigenvalue weighted by molar-refractivity contribution is -0.134. The fraction of sp³-hybridized carbons (Fsp3) is 0.529. The minimum Gasteiger partial charge on any atom is -0.347 e. The summed E-state index contributed by atoms with van der Waals surface area (Å²) in [6.45, 7) is 1.91. The maximum Gasteiger partial charge on any atom is 0.241 e. The monoisotopic (exact) mass is 301 g/mol. The minimum atomic E-state index is -0.142. The summed E-state index contributed by atoms with van der Waals surface area (Å²) in [6, 6.07) is 7.93. The largest absolute Gasteiger partial charge is 0.347 e. The smallest absolute Gasteiger partial charge is 0.241 e. The van der Waals surface area contributed by atoms with Crippen molar-refractivity contribution in [1.82, 2.24) is 9.80 Å². The van der Waals surface area contributed by atoms with Gasteiger partial charge in [-0.2, -0.15) is 0 Å². The van der Waals surface area contributed by atoms with E-state index in [1.807, 2.05) is 28.0 Å². The number of rotatable bonds is 3. The predicted molar refractivity (Wildman–Crippen MR) is 85.8 cm³/mol. The van der Waals surface area contributed by atoms with E-state index in [9.17, 15) is 9.59 Å². The van der Waals surface area contributed by atoms with Crippen molar-refractivity contribution in [2.75, 3.05) is 38.6 Å². The lowest BCUT2D eigenvalue weighted by atomic mass is 10.2. The second-order valence-electron chi connectivity index (χ2n) is 6.29. The molecule has 1 atom stereocenters. The average molecular weight is 301 g/mol. The van der Waals surface area contributed by atoms with Gasteiger partial charge in [-0.05, 0) is 37.4 Å². The molecule has 3 rings (SSSR count). The van der Waals surface area contributed by atoms with Crippen LogP contribution in [0.1, 0.15) is 18.4 Å². The molecule has 0 saturated carbocycles. The Hall–Kier alpha value is -1.88. The first kappa shape index (κ1) is 15.0. The number of amides is 2. The van der Waals surface area contributed by atoms with Gasteiger partial charge in [0, 0.05) is 26.3 Å². The second-order valence-corrected chi connectivity index (χ2v) is 6.29. The maximum absolute atomic E-state index is 12.7.